The van der Waals surface area contributed by atoms with Crippen LogP contribution in [0.15, 0.2) is 57.7 Å². The van der Waals surface area contributed by atoms with E-state index in [-0.39, 0.29) is 12.5 Å². The maximum atomic E-state index is 12.2. The number of methoxy groups -OCH3 is 1. The zero-order valence-electron chi connectivity index (χ0n) is 13.3. The van der Waals surface area contributed by atoms with Crippen molar-refractivity contribution < 1.29 is 13.9 Å². The van der Waals surface area contributed by atoms with Crippen molar-refractivity contribution >= 4 is 17.0 Å². The van der Waals surface area contributed by atoms with Crippen LogP contribution >= 0.6 is 0 Å². The smallest absolute Gasteiger partial charge is 0.408 e. The van der Waals surface area contributed by atoms with Crippen LogP contribution in [-0.4, -0.2) is 17.6 Å². The second-order valence-electron chi connectivity index (χ2n) is 5.40. The van der Waals surface area contributed by atoms with Crippen LogP contribution < -0.4 is 11.1 Å². The fourth-order valence-electron chi connectivity index (χ4n) is 2.58. The Hall–Kier alpha value is -2.86. The van der Waals surface area contributed by atoms with Gasteiger partial charge >= 0.3 is 5.76 Å². The molecule has 0 bridgehead atoms. The van der Waals surface area contributed by atoms with Gasteiger partial charge in [-0.25, -0.2) is 4.79 Å². The molecule has 1 amide bonds. The summed E-state index contributed by atoms with van der Waals surface area (Å²) in [6.07, 6.45) is 0. The van der Waals surface area contributed by atoms with Gasteiger partial charge in [0.05, 0.1) is 12.1 Å². The van der Waals surface area contributed by atoms with Gasteiger partial charge in [-0.05, 0) is 23.3 Å². The Morgan fingerprint density at radius 3 is 2.62 bits per heavy atom. The van der Waals surface area contributed by atoms with Gasteiger partial charge in [0, 0.05) is 13.7 Å². The molecule has 6 nitrogen and oxygen atoms in total. The summed E-state index contributed by atoms with van der Waals surface area (Å²) in [7, 11) is 1.63. The summed E-state index contributed by atoms with van der Waals surface area (Å²) >= 11 is 0. The first-order valence-electron chi connectivity index (χ1n) is 7.60. The molecule has 3 aromatic rings. The number of carbonyl (C=O) groups excluding carboxylic acids is 1. The molecule has 0 saturated carbocycles. The standard InChI is InChI=1S/C18H18N2O4/c1-23-12-14-7-3-2-6-13(14)10-19-17(21)11-20-15-8-4-5-9-16(15)24-18(20)22/h2-9H,10-12H2,1H3,(H,19,21). The molecule has 0 unspecified atom stereocenters. The van der Waals surface area contributed by atoms with Crippen LogP contribution in [0.3, 0.4) is 0 Å². The molecule has 0 saturated heterocycles. The van der Waals surface area contributed by atoms with Crippen LogP contribution in [0, 0.1) is 0 Å². The largest absolute Gasteiger partial charge is 0.420 e. The quantitative estimate of drug-likeness (QED) is 0.752. The van der Waals surface area contributed by atoms with Gasteiger partial charge in [-0.15, -0.1) is 0 Å². The predicted octanol–water partition coefficient (Wildman–Crippen LogP) is 2.06. The van der Waals surface area contributed by atoms with Crippen LogP contribution in [0.2, 0.25) is 0 Å². The Morgan fingerprint density at radius 1 is 1.12 bits per heavy atom. The molecule has 24 heavy (non-hydrogen) atoms. The van der Waals surface area contributed by atoms with E-state index in [4.69, 9.17) is 9.15 Å². The number of nitrogens with zero attached hydrogens (tertiary/aromatic N) is 1. The number of fused-ring (bicyclic) bond motifs is 1. The van der Waals surface area contributed by atoms with Gasteiger partial charge in [0.15, 0.2) is 5.58 Å². The van der Waals surface area contributed by atoms with Gasteiger partial charge < -0.3 is 14.5 Å². The molecule has 0 aliphatic carbocycles. The normalized spacial score (nSPS) is 10.9. The van der Waals surface area contributed by atoms with Crippen molar-refractivity contribution in [2.24, 2.45) is 0 Å². The first kappa shape index (κ1) is 16.0. The van der Waals surface area contributed by atoms with Crippen molar-refractivity contribution in [2.75, 3.05) is 7.11 Å². The Bertz CT molecular complexity index is 911. The number of ether oxygens (including phenoxy) is 1. The number of carbonyl (C=O) groups is 1. The maximum absolute atomic E-state index is 12.2. The molecule has 0 radical (unpaired) electrons. The number of hydrogen-bond acceptors (Lipinski definition) is 4. The summed E-state index contributed by atoms with van der Waals surface area (Å²) in [5.41, 5.74) is 3.08. The van der Waals surface area contributed by atoms with E-state index in [0.29, 0.717) is 24.3 Å². The van der Waals surface area contributed by atoms with E-state index in [1.165, 1.54) is 4.57 Å². The highest BCUT2D eigenvalue weighted by molar-refractivity contribution is 5.79. The van der Waals surface area contributed by atoms with Crippen molar-refractivity contribution in [1.82, 2.24) is 9.88 Å². The molecule has 6 heteroatoms. The molecule has 124 valence electrons. The molecule has 1 aromatic heterocycles. The fourth-order valence-corrected chi connectivity index (χ4v) is 2.58. The van der Waals surface area contributed by atoms with E-state index in [1.54, 1.807) is 31.4 Å². The Morgan fingerprint density at radius 2 is 1.83 bits per heavy atom. The summed E-state index contributed by atoms with van der Waals surface area (Å²) in [6, 6.07) is 14.8. The van der Waals surface area contributed by atoms with E-state index >= 15 is 0 Å². The molecular formula is C18H18N2O4. The average molecular weight is 326 g/mol. The second-order valence-corrected chi connectivity index (χ2v) is 5.40. The first-order valence-corrected chi connectivity index (χ1v) is 7.60. The lowest BCUT2D eigenvalue weighted by Gasteiger charge is -2.10. The molecule has 1 heterocycles. The minimum absolute atomic E-state index is 0.0811. The number of oxazole rings is 1. The monoisotopic (exact) mass is 326 g/mol. The zero-order chi connectivity index (χ0) is 16.9. The van der Waals surface area contributed by atoms with Gasteiger partial charge in [-0.2, -0.15) is 0 Å². The highest BCUT2D eigenvalue weighted by atomic mass is 16.5. The molecule has 0 fully saturated rings. The third-order valence-corrected chi connectivity index (χ3v) is 3.77. The molecule has 2 aromatic carbocycles. The van der Waals surface area contributed by atoms with Crippen molar-refractivity contribution in [3.05, 3.63) is 70.2 Å². The van der Waals surface area contributed by atoms with Gasteiger partial charge in [0.25, 0.3) is 0 Å². The number of aromatic nitrogens is 1. The summed E-state index contributed by atoms with van der Waals surface area (Å²) in [6.45, 7) is 0.781. The van der Waals surface area contributed by atoms with Gasteiger partial charge in [0.2, 0.25) is 5.91 Å². The minimum Gasteiger partial charge on any atom is -0.408 e. The lowest BCUT2D eigenvalue weighted by molar-refractivity contribution is -0.121. The third kappa shape index (κ3) is 3.38. The van der Waals surface area contributed by atoms with E-state index < -0.39 is 5.76 Å². The molecule has 0 spiro atoms. The molecule has 1 N–H and O–H groups in total. The fraction of sp³-hybridized carbons (Fsp3) is 0.222. The van der Waals surface area contributed by atoms with Gasteiger partial charge in [-0.1, -0.05) is 36.4 Å². The number of para-hydroxylation sites is 2. The SMILES string of the molecule is COCc1ccccc1CNC(=O)Cn1c(=O)oc2ccccc21. The summed E-state index contributed by atoms with van der Waals surface area (Å²) in [5, 5.41) is 2.83. The minimum atomic E-state index is -0.536. The number of benzene rings is 2. The zero-order valence-corrected chi connectivity index (χ0v) is 13.3. The predicted molar refractivity (Wildman–Crippen MR) is 89.5 cm³/mol. The average Bonchev–Trinajstić information content (AvgIpc) is 2.90. The molecule has 0 aliphatic rings. The summed E-state index contributed by atoms with van der Waals surface area (Å²) in [4.78, 5) is 24.1. The van der Waals surface area contributed by atoms with Crippen molar-refractivity contribution in [3.8, 4) is 0 Å². The molecular weight excluding hydrogens is 308 g/mol. The Kier molecular flexibility index (Phi) is 4.77. The molecule has 3 rings (SSSR count). The Labute approximate surface area is 138 Å². The van der Waals surface area contributed by atoms with Crippen LogP contribution in [-0.2, 0) is 29.2 Å². The topological polar surface area (TPSA) is 73.5 Å². The van der Waals surface area contributed by atoms with E-state index in [1.807, 2.05) is 24.3 Å². The first-order chi connectivity index (χ1) is 11.7. The van der Waals surface area contributed by atoms with Crippen LogP contribution in [0.5, 0.6) is 0 Å². The van der Waals surface area contributed by atoms with Gasteiger partial charge in [-0.3, -0.25) is 9.36 Å². The number of nitrogens with one attached hydrogen (secondary N) is 1. The van der Waals surface area contributed by atoms with Crippen LogP contribution in [0.25, 0.3) is 11.1 Å². The van der Waals surface area contributed by atoms with Crippen LogP contribution in [0.1, 0.15) is 11.1 Å². The van der Waals surface area contributed by atoms with E-state index in [9.17, 15) is 9.59 Å². The van der Waals surface area contributed by atoms with Crippen molar-refractivity contribution in [2.45, 2.75) is 19.7 Å². The maximum Gasteiger partial charge on any atom is 0.420 e. The molecule has 0 atom stereocenters. The summed E-state index contributed by atoms with van der Waals surface area (Å²) < 4.78 is 11.6. The number of hydrogen-bond donors (Lipinski definition) is 1. The highest BCUT2D eigenvalue weighted by Gasteiger charge is 2.12. The third-order valence-electron chi connectivity index (χ3n) is 3.77. The van der Waals surface area contributed by atoms with Gasteiger partial charge in [0.1, 0.15) is 6.54 Å². The summed E-state index contributed by atoms with van der Waals surface area (Å²) in [5.74, 6) is -0.790. The van der Waals surface area contributed by atoms with Crippen LogP contribution in [0.4, 0.5) is 0 Å². The lowest BCUT2D eigenvalue weighted by atomic mass is 10.1. The number of rotatable bonds is 6. The van der Waals surface area contributed by atoms with E-state index in [0.717, 1.165) is 11.1 Å². The lowest BCUT2D eigenvalue weighted by Crippen LogP contribution is -2.30. The van der Waals surface area contributed by atoms with Crippen molar-refractivity contribution in [3.63, 3.8) is 0 Å². The van der Waals surface area contributed by atoms with Crippen molar-refractivity contribution in [1.29, 1.82) is 0 Å². The van der Waals surface area contributed by atoms with E-state index in [2.05, 4.69) is 5.32 Å². The second kappa shape index (κ2) is 7.14. The Balaban J connectivity index is 1.70. The highest BCUT2D eigenvalue weighted by Crippen LogP contribution is 2.12. The number of amides is 1. The molecule has 0 aliphatic heterocycles.